The number of fused-ring (bicyclic) bond motifs is 3. The van der Waals surface area contributed by atoms with E-state index >= 15 is 0 Å². The number of hydrogen-bond acceptors (Lipinski definition) is 4. The second-order valence-electron chi connectivity index (χ2n) is 8.38. The lowest BCUT2D eigenvalue weighted by Crippen LogP contribution is -2.58. The number of likely N-dealkylation sites (N-methyl/N-ethyl adjacent to an activating group) is 1. The van der Waals surface area contributed by atoms with E-state index in [0.717, 1.165) is 22.3 Å². The molecule has 0 aliphatic heterocycles. The summed E-state index contributed by atoms with van der Waals surface area (Å²) in [6, 6.07) is 15.2. The lowest BCUT2D eigenvalue weighted by atomic mass is 9.98. The van der Waals surface area contributed by atoms with E-state index < -0.39 is 29.6 Å². The third kappa shape index (κ3) is 4.33. The van der Waals surface area contributed by atoms with E-state index in [-0.39, 0.29) is 19.1 Å². The zero-order valence-electron chi connectivity index (χ0n) is 18.9. The summed E-state index contributed by atoms with van der Waals surface area (Å²) in [6.07, 6.45) is -0.383. The minimum absolute atomic E-state index is 0.0815. The SMILES string of the molecule is CC[C@@H](NC(=O)OCC1c2ccccc2-c2ccccc21)C(=O)N(CC)C(C)(C)C(=O)O. The average molecular weight is 439 g/mol. The number of carbonyl (C=O) groups is 3. The number of carboxylic acids is 1. The summed E-state index contributed by atoms with van der Waals surface area (Å²) in [5, 5.41) is 12.1. The third-order valence-corrected chi connectivity index (χ3v) is 6.12. The van der Waals surface area contributed by atoms with Crippen LogP contribution in [-0.2, 0) is 14.3 Å². The molecule has 170 valence electrons. The Morgan fingerprint density at radius 1 is 1.03 bits per heavy atom. The first-order valence-corrected chi connectivity index (χ1v) is 10.9. The maximum Gasteiger partial charge on any atom is 0.407 e. The van der Waals surface area contributed by atoms with Gasteiger partial charge in [-0.15, -0.1) is 0 Å². The molecule has 0 fully saturated rings. The average Bonchev–Trinajstić information content (AvgIpc) is 3.10. The molecular weight excluding hydrogens is 408 g/mol. The van der Waals surface area contributed by atoms with Crippen LogP contribution in [0.15, 0.2) is 48.5 Å². The number of ether oxygens (including phenoxy) is 1. The highest BCUT2D eigenvalue weighted by atomic mass is 16.5. The Morgan fingerprint density at radius 3 is 2.03 bits per heavy atom. The predicted molar refractivity (Wildman–Crippen MR) is 121 cm³/mol. The van der Waals surface area contributed by atoms with Crippen LogP contribution in [0.5, 0.6) is 0 Å². The van der Waals surface area contributed by atoms with Crippen molar-refractivity contribution in [1.82, 2.24) is 10.2 Å². The number of carboxylic acid groups (broad SMARTS) is 1. The highest BCUT2D eigenvalue weighted by Crippen LogP contribution is 2.44. The van der Waals surface area contributed by atoms with Crippen LogP contribution >= 0.6 is 0 Å². The van der Waals surface area contributed by atoms with Crippen molar-refractivity contribution in [3.63, 3.8) is 0 Å². The summed E-state index contributed by atoms with van der Waals surface area (Å²) < 4.78 is 5.53. The first-order chi connectivity index (χ1) is 15.2. The molecule has 0 aromatic heterocycles. The highest BCUT2D eigenvalue weighted by molar-refractivity contribution is 5.91. The topological polar surface area (TPSA) is 95.9 Å². The van der Waals surface area contributed by atoms with E-state index in [9.17, 15) is 19.5 Å². The van der Waals surface area contributed by atoms with Crippen molar-refractivity contribution in [2.24, 2.45) is 0 Å². The molecule has 2 aromatic carbocycles. The van der Waals surface area contributed by atoms with Crippen LogP contribution in [0.1, 0.15) is 51.2 Å². The maximum atomic E-state index is 13.0. The standard InChI is InChI=1S/C25H30N2O5/c1-5-21(22(28)27(6-2)25(3,4)23(29)30)26-24(31)32-15-20-18-13-9-7-11-16(18)17-12-8-10-14-19(17)20/h7-14,20-21H,5-6,15H2,1-4H3,(H,26,31)(H,29,30)/t21-/m1/s1. The van der Waals surface area contributed by atoms with Crippen LogP contribution in [0.2, 0.25) is 0 Å². The quantitative estimate of drug-likeness (QED) is 0.649. The van der Waals surface area contributed by atoms with Crippen molar-refractivity contribution in [3.05, 3.63) is 59.7 Å². The molecule has 3 rings (SSSR count). The molecule has 1 atom stereocenters. The number of hydrogen-bond donors (Lipinski definition) is 2. The number of amides is 2. The zero-order valence-corrected chi connectivity index (χ0v) is 18.9. The second-order valence-corrected chi connectivity index (χ2v) is 8.38. The molecule has 0 saturated heterocycles. The Kier molecular flexibility index (Phi) is 6.87. The van der Waals surface area contributed by atoms with Crippen molar-refractivity contribution in [2.45, 2.75) is 51.6 Å². The molecule has 7 nitrogen and oxygen atoms in total. The molecule has 2 aromatic rings. The monoisotopic (exact) mass is 438 g/mol. The molecule has 0 unspecified atom stereocenters. The smallest absolute Gasteiger partial charge is 0.407 e. The van der Waals surface area contributed by atoms with Gasteiger partial charge in [0.15, 0.2) is 0 Å². The molecule has 1 aliphatic rings. The lowest BCUT2D eigenvalue weighted by Gasteiger charge is -2.36. The molecule has 0 spiro atoms. The number of aliphatic carboxylic acids is 1. The van der Waals surface area contributed by atoms with Crippen molar-refractivity contribution in [1.29, 1.82) is 0 Å². The van der Waals surface area contributed by atoms with Gasteiger partial charge >= 0.3 is 12.1 Å². The summed E-state index contributed by atoms with van der Waals surface area (Å²) >= 11 is 0. The molecule has 2 N–H and O–H groups in total. The van der Waals surface area contributed by atoms with Gasteiger partial charge in [0.2, 0.25) is 5.91 Å². The van der Waals surface area contributed by atoms with Crippen LogP contribution in [0.4, 0.5) is 4.79 Å². The molecule has 0 heterocycles. The molecule has 1 aliphatic carbocycles. The van der Waals surface area contributed by atoms with Gasteiger partial charge in [0.05, 0.1) is 0 Å². The molecule has 0 bridgehead atoms. The van der Waals surface area contributed by atoms with Gasteiger partial charge in [0.1, 0.15) is 18.2 Å². The van der Waals surface area contributed by atoms with Gasteiger partial charge in [-0.3, -0.25) is 4.79 Å². The highest BCUT2D eigenvalue weighted by Gasteiger charge is 2.39. The van der Waals surface area contributed by atoms with E-state index in [2.05, 4.69) is 17.4 Å². The molecule has 0 saturated carbocycles. The van der Waals surface area contributed by atoms with Crippen LogP contribution < -0.4 is 5.32 Å². The minimum atomic E-state index is -1.39. The van der Waals surface area contributed by atoms with E-state index in [1.54, 1.807) is 13.8 Å². The van der Waals surface area contributed by atoms with Crippen molar-refractivity contribution < 1.29 is 24.2 Å². The van der Waals surface area contributed by atoms with Crippen LogP contribution in [-0.4, -0.2) is 52.7 Å². The van der Waals surface area contributed by atoms with Gasteiger partial charge < -0.3 is 20.1 Å². The van der Waals surface area contributed by atoms with Gasteiger partial charge in [-0.2, -0.15) is 0 Å². The summed E-state index contributed by atoms with van der Waals surface area (Å²) in [4.78, 5) is 38.4. The Bertz CT molecular complexity index is 971. The molecule has 2 amide bonds. The molecule has 32 heavy (non-hydrogen) atoms. The molecule has 7 heteroatoms. The number of benzene rings is 2. The van der Waals surface area contributed by atoms with Crippen LogP contribution in [0.3, 0.4) is 0 Å². The van der Waals surface area contributed by atoms with Gasteiger partial charge in [0, 0.05) is 12.5 Å². The number of nitrogens with one attached hydrogen (secondary N) is 1. The van der Waals surface area contributed by atoms with Gasteiger partial charge in [-0.25, -0.2) is 9.59 Å². The second kappa shape index (κ2) is 9.42. The fourth-order valence-electron chi connectivity index (χ4n) is 4.25. The van der Waals surface area contributed by atoms with Crippen molar-refractivity contribution in [2.75, 3.05) is 13.2 Å². The van der Waals surface area contributed by atoms with Crippen LogP contribution in [0, 0.1) is 0 Å². The van der Waals surface area contributed by atoms with Crippen LogP contribution in [0.25, 0.3) is 11.1 Å². The first kappa shape index (κ1) is 23.3. The number of nitrogens with zero attached hydrogens (tertiary/aromatic N) is 1. The summed E-state index contributed by atoms with van der Waals surface area (Å²) in [5.41, 5.74) is 3.08. The van der Waals surface area contributed by atoms with Gasteiger partial charge in [0.25, 0.3) is 0 Å². The summed E-state index contributed by atoms with van der Waals surface area (Å²) in [7, 11) is 0. The number of carbonyl (C=O) groups excluding carboxylic acids is 2. The minimum Gasteiger partial charge on any atom is -0.480 e. The summed E-state index contributed by atoms with van der Waals surface area (Å²) in [5.74, 6) is -1.64. The summed E-state index contributed by atoms with van der Waals surface area (Å²) in [6.45, 7) is 6.76. The number of alkyl carbamates (subject to hydrolysis) is 1. The van der Waals surface area contributed by atoms with E-state index in [4.69, 9.17) is 4.74 Å². The Balaban J connectivity index is 1.69. The third-order valence-electron chi connectivity index (χ3n) is 6.12. The first-order valence-electron chi connectivity index (χ1n) is 10.9. The van der Waals surface area contributed by atoms with Crippen molar-refractivity contribution in [3.8, 4) is 11.1 Å². The zero-order chi connectivity index (χ0) is 23.5. The maximum absolute atomic E-state index is 13.0. The molecule has 0 radical (unpaired) electrons. The van der Waals surface area contributed by atoms with E-state index in [1.165, 1.54) is 18.7 Å². The lowest BCUT2D eigenvalue weighted by molar-refractivity contribution is -0.157. The van der Waals surface area contributed by atoms with Crippen molar-refractivity contribution >= 4 is 18.0 Å². The van der Waals surface area contributed by atoms with E-state index in [1.807, 2.05) is 36.4 Å². The van der Waals surface area contributed by atoms with Gasteiger partial charge in [-0.05, 0) is 49.4 Å². The Labute approximate surface area is 188 Å². The Hall–Kier alpha value is -3.35. The van der Waals surface area contributed by atoms with Gasteiger partial charge in [-0.1, -0.05) is 55.5 Å². The molecular formula is C25H30N2O5. The normalized spacial score (nSPS) is 13.6. The fraction of sp³-hybridized carbons (Fsp3) is 0.400. The number of rotatable bonds is 8. The van der Waals surface area contributed by atoms with E-state index in [0.29, 0.717) is 6.42 Å². The Morgan fingerprint density at radius 2 is 1.56 bits per heavy atom. The largest absolute Gasteiger partial charge is 0.480 e. The predicted octanol–water partition coefficient (Wildman–Crippen LogP) is 4.02. The fourth-order valence-corrected chi connectivity index (χ4v) is 4.25.